The summed E-state index contributed by atoms with van der Waals surface area (Å²) in [5.41, 5.74) is 0.411. The molecule has 3 nitrogen and oxygen atoms in total. The normalized spacial score (nSPS) is 9.00. The zero-order valence-electron chi connectivity index (χ0n) is 7.16. The summed E-state index contributed by atoms with van der Waals surface area (Å²) in [6.45, 7) is 0. The molecule has 1 aromatic rings. The molecule has 0 aliphatic heterocycles. The van der Waals surface area contributed by atoms with Crippen molar-refractivity contribution in [3.8, 4) is 0 Å². The second kappa shape index (κ2) is 4.60. The minimum Gasteiger partial charge on any atom is -0.359 e. The Morgan fingerprint density at radius 2 is 2.46 bits per heavy atom. The molecule has 0 unspecified atom stereocenters. The van der Waals surface area contributed by atoms with Crippen molar-refractivity contribution in [2.24, 2.45) is 0 Å². The van der Waals surface area contributed by atoms with E-state index in [1.165, 1.54) is 11.3 Å². The van der Waals surface area contributed by atoms with E-state index >= 15 is 0 Å². The molecule has 0 saturated carbocycles. The molecular weight excluding hydrogens is 186 g/mol. The molecule has 0 spiro atoms. The molecule has 13 heavy (non-hydrogen) atoms. The first-order valence-electron chi connectivity index (χ1n) is 3.76. The summed E-state index contributed by atoms with van der Waals surface area (Å²) in [5.74, 6) is 1.61. The lowest BCUT2D eigenvalue weighted by Gasteiger charge is -1.98. The lowest BCUT2D eigenvalue weighted by atomic mass is 10.2. The lowest BCUT2D eigenvalue weighted by molar-refractivity contribution is -0.119. The van der Waals surface area contributed by atoms with Gasteiger partial charge in [0.1, 0.15) is 5.94 Å². The molecule has 0 bridgehead atoms. The van der Waals surface area contributed by atoms with Crippen molar-refractivity contribution in [3.63, 3.8) is 0 Å². The monoisotopic (exact) mass is 195 g/mol. The SMILES string of the molecule is CNC(=O)CC(=C=O)c1cccs1. The predicted molar refractivity (Wildman–Crippen MR) is 52.1 cm³/mol. The predicted octanol–water partition coefficient (Wildman–Crippen LogP) is 1.10. The lowest BCUT2D eigenvalue weighted by Crippen LogP contribution is -2.17. The van der Waals surface area contributed by atoms with Gasteiger partial charge >= 0.3 is 0 Å². The Morgan fingerprint density at radius 3 is 2.92 bits per heavy atom. The summed E-state index contributed by atoms with van der Waals surface area (Å²) in [6.07, 6.45) is 0.0977. The van der Waals surface area contributed by atoms with Crippen LogP contribution in [0.4, 0.5) is 0 Å². The number of hydrogen-bond donors (Lipinski definition) is 1. The van der Waals surface area contributed by atoms with E-state index in [2.05, 4.69) is 5.32 Å². The van der Waals surface area contributed by atoms with Crippen molar-refractivity contribution < 1.29 is 9.59 Å². The van der Waals surface area contributed by atoms with Gasteiger partial charge in [0.05, 0.1) is 12.0 Å². The van der Waals surface area contributed by atoms with Crippen LogP contribution in [0.15, 0.2) is 17.5 Å². The Bertz CT molecular complexity index is 337. The molecule has 1 rings (SSSR count). The van der Waals surface area contributed by atoms with Gasteiger partial charge in [-0.1, -0.05) is 6.07 Å². The minimum absolute atomic E-state index is 0.0977. The van der Waals surface area contributed by atoms with Gasteiger partial charge < -0.3 is 5.32 Å². The highest BCUT2D eigenvalue weighted by Gasteiger charge is 2.08. The second-order valence-corrected chi connectivity index (χ2v) is 3.36. The number of hydrogen-bond acceptors (Lipinski definition) is 3. The Kier molecular flexibility index (Phi) is 3.43. The maximum atomic E-state index is 11.0. The molecule has 0 aliphatic rings. The molecule has 0 fully saturated rings. The summed E-state index contributed by atoms with van der Waals surface area (Å²) in [6, 6.07) is 3.63. The van der Waals surface area contributed by atoms with Crippen molar-refractivity contribution in [2.45, 2.75) is 6.42 Å². The number of rotatable bonds is 3. The van der Waals surface area contributed by atoms with Crippen LogP contribution in [0.5, 0.6) is 0 Å². The first kappa shape index (κ1) is 9.71. The van der Waals surface area contributed by atoms with Crippen molar-refractivity contribution in [1.82, 2.24) is 5.32 Å². The third-order valence-electron chi connectivity index (χ3n) is 1.56. The Balaban J connectivity index is 2.77. The zero-order chi connectivity index (χ0) is 9.68. The highest BCUT2D eigenvalue weighted by molar-refractivity contribution is 7.11. The maximum absolute atomic E-state index is 11.0. The molecule has 0 aromatic carbocycles. The molecule has 68 valence electrons. The number of carbonyl (C=O) groups is 1. The van der Waals surface area contributed by atoms with Gasteiger partial charge in [-0.15, -0.1) is 11.3 Å². The Hall–Kier alpha value is -1.38. The minimum atomic E-state index is -0.174. The molecule has 1 aromatic heterocycles. The van der Waals surface area contributed by atoms with Crippen LogP contribution in [0.25, 0.3) is 5.57 Å². The van der Waals surface area contributed by atoms with Crippen LogP contribution in [0.1, 0.15) is 11.3 Å². The average molecular weight is 195 g/mol. The smallest absolute Gasteiger partial charge is 0.224 e. The van der Waals surface area contributed by atoms with Gasteiger partial charge in [-0.05, 0) is 11.4 Å². The third-order valence-corrected chi connectivity index (χ3v) is 2.49. The first-order chi connectivity index (χ1) is 6.27. The fourth-order valence-electron chi connectivity index (χ4n) is 0.873. The summed E-state index contributed by atoms with van der Waals surface area (Å²) < 4.78 is 0. The van der Waals surface area contributed by atoms with Gasteiger partial charge in [0.25, 0.3) is 0 Å². The van der Waals surface area contributed by atoms with Crippen LogP contribution < -0.4 is 5.32 Å². The maximum Gasteiger partial charge on any atom is 0.224 e. The van der Waals surface area contributed by atoms with Gasteiger partial charge in [0, 0.05) is 11.9 Å². The van der Waals surface area contributed by atoms with Gasteiger partial charge in [0.15, 0.2) is 0 Å². The van der Waals surface area contributed by atoms with Crippen LogP contribution in [0.2, 0.25) is 0 Å². The molecule has 1 heterocycles. The second-order valence-electron chi connectivity index (χ2n) is 2.41. The zero-order valence-corrected chi connectivity index (χ0v) is 7.98. The van der Waals surface area contributed by atoms with E-state index in [9.17, 15) is 9.59 Å². The average Bonchev–Trinajstić information content (AvgIpc) is 2.66. The molecule has 1 amide bonds. The van der Waals surface area contributed by atoms with Crippen LogP contribution in [0, 0.1) is 0 Å². The molecule has 0 aliphatic carbocycles. The van der Waals surface area contributed by atoms with Crippen molar-refractivity contribution >= 4 is 28.8 Å². The fourth-order valence-corrected chi connectivity index (χ4v) is 1.59. The van der Waals surface area contributed by atoms with E-state index in [1.54, 1.807) is 19.1 Å². The topological polar surface area (TPSA) is 46.2 Å². The van der Waals surface area contributed by atoms with Crippen LogP contribution in [-0.4, -0.2) is 18.9 Å². The van der Waals surface area contributed by atoms with Crippen LogP contribution >= 0.6 is 11.3 Å². The van der Waals surface area contributed by atoms with Gasteiger partial charge in [-0.2, -0.15) is 0 Å². The quantitative estimate of drug-likeness (QED) is 0.734. The summed E-state index contributed by atoms with van der Waals surface area (Å²) >= 11 is 1.43. The Morgan fingerprint density at radius 1 is 1.69 bits per heavy atom. The van der Waals surface area contributed by atoms with E-state index in [0.29, 0.717) is 5.57 Å². The first-order valence-corrected chi connectivity index (χ1v) is 4.64. The van der Waals surface area contributed by atoms with Gasteiger partial charge in [-0.25, -0.2) is 4.79 Å². The van der Waals surface area contributed by atoms with Crippen molar-refractivity contribution in [2.75, 3.05) is 7.05 Å². The van der Waals surface area contributed by atoms with Crippen molar-refractivity contribution in [1.29, 1.82) is 0 Å². The summed E-state index contributed by atoms with van der Waals surface area (Å²) in [7, 11) is 1.54. The molecule has 1 N–H and O–H groups in total. The number of nitrogens with one attached hydrogen (secondary N) is 1. The van der Waals surface area contributed by atoms with Crippen molar-refractivity contribution in [3.05, 3.63) is 22.4 Å². The van der Waals surface area contributed by atoms with E-state index in [0.717, 1.165) is 4.88 Å². The van der Waals surface area contributed by atoms with E-state index in [4.69, 9.17) is 0 Å². The fraction of sp³-hybridized carbons (Fsp3) is 0.222. The summed E-state index contributed by atoms with van der Waals surface area (Å²) in [5, 5.41) is 4.32. The standard InChI is InChI=1S/C9H9NO2S/c1-10-9(12)5-7(6-11)8-3-2-4-13-8/h2-4H,5H2,1H3,(H,10,12). The largest absolute Gasteiger partial charge is 0.359 e. The van der Waals surface area contributed by atoms with E-state index < -0.39 is 0 Å². The molecule has 0 saturated heterocycles. The van der Waals surface area contributed by atoms with E-state index in [-0.39, 0.29) is 12.3 Å². The molecule has 0 atom stereocenters. The summed E-state index contributed by atoms with van der Waals surface area (Å²) in [4.78, 5) is 22.3. The highest BCUT2D eigenvalue weighted by atomic mass is 32.1. The molecule has 0 radical (unpaired) electrons. The number of thiophene rings is 1. The molecular formula is C9H9NO2S. The third kappa shape index (κ3) is 2.54. The highest BCUT2D eigenvalue weighted by Crippen LogP contribution is 2.20. The number of carbonyl (C=O) groups excluding carboxylic acids is 2. The van der Waals surface area contributed by atoms with Gasteiger partial charge in [-0.3, -0.25) is 4.79 Å². The molecule has 4 heteroatoms. The van der Waals surface area contributed by atoms with E-state index in [1.807, 2.05) is 11.4 Å². The number of amides is 1. The van der Waals surface area contributed by atoms with Crippen LogP contribution in [0.3, 0.4) is 0 Å². The Labute approximate surface area is 80.1 Å². The van der Waals surface area contributed by atoms with Crippen LogP contribution in [-0.2, 0) is 9.59 Å². The van der Waals surface area contributed by atoms with Gasteiger partial charge in [0.2, 0.25) is 5.91 Å².